The van der Waals surface area contributed by atoms with Crippen LogP contribution in [0.25, 0.3) is 0 Å². The van der Waals surface area contributed by atoms with Gasteiger partial charge in [-0.15, -0.1) is 0 Å². The van der Waals surface area contributed by atoms with Crippen molar-refractivity contribution < 1.29 is 14.6 Å². The maximum atomic E-state index is 11.2. The van der Waals surface area contributed by atoms with Gasteiger partial charge in [0.2, 0.25) is 0 Å². The van der Waals surface area contributed by atoms with Crippen LogP contribution < -0.4 is 5.32 Å². The molecule has 0 atom stereocenters. The largest absolute Gasteiger partial charge is 0.444 e. The zero-order chi connectivity index (χ0) is 11.7. The van der Waals surface area contributed by atoms with E-state index in [1.54, 1.807) is 6.08 Å². The van der Waals surface area contributed by atoms with Crippen LogP contribution in [0.5, 0.6) is 0 Å². The van der Waals surface area contributed by atoms with E-state index in [2.05, 4.69) is 5.32 Å². The summed E-state index contributed by atoms with van der Waals surface area (Å²) in [4.78, 5) is 11.2. The molecule has 2 N–H and O–H groups in total. The molecule has 88 valence electrons. The lowest BCUT2D eigenvalue weighted by atomic mass is 10.2. The van der Waals surface area contributed by atoms with Crippen molar-refractivity contribution in [1.82, 2.24) is 5.32 Å². The summed E-state index contributed by atoms with van der Waals surface area (Å²) < 4.78 is 5.06. The molecule has 0 aromatic rings. The number of nitrogens with one attached hydrogen (secondary N) is 1. The molecule has 0 rings (SSSR count). The summed E-state index contributed by atoms with van der Waals surface area (Å²) in [7, 11) is 0. The van der Waals surface area contributed by atoms with Crippen LogP contribution in [0.3, 0.4) is 0 Å². The average Bonchev–Trinajstić information content (AvgIpc) is 2.08. The van der Waals surface area contributed by atoms with Crippen molar-refractivity contribution in [2.75, 3.05) is 13.2 Å². The van der Waals surface area contributed by atoms with Gasteiger partial charge in [-0.25, -0.2) is 4.79 Å². The van der Waals surface area contributed by atoms with Crippen molar-refractivity contribution in [3.63, 3.8) is 0 Å². The maximum absolute atomic E-state index is 11.2. The van der Waals surface area contributed by atoms with Gasteiger partial charge in [-0.2, -0.15) is 0 Å². The number of hydrogen-bond acceptors (Lipinski definition) is 3. The number of rotatable bonds is 5. The minimum Gasteiger partial charge on any atom is -0.444 e. The van der Waals surface area contributed by atoms with E-state index in [0.717, 1.165) is 12.8 Å². The van der Waals surface area contributed by atoms with Gasteiger partial charge in [-0.3, -0.25) is 0 Å². The van der Waals surface area contributed by atoms with Gasteiger partial charge in [0.05, 0.1) is 6.61 Å². The fourth-order valence-electron chi connectivity index (χ4n) is 0.917. The van der Waals surface area contributed by atoms with E-state index < -0.39 is 5.60 Å². The van der Waals surface area contributed by atoms with Crippen molar-refractivity contribution >= 4 is 6.09 Å². The first-order valence-electron chi connectivity index (χ1n) is 5.18. The second-order valence-electron chi connectivity index (χ2n) is 4.22. The number of alkyl carbamates (subject to hydrolysis) is 1. The molecule has 0 fully saturated rings. The minimum absolute atomic E-state index is 0.0689. The van der Waals surface area contributed by atoms with Crippen molar-refractivity contribution in [1.29, 1.82) is 0 Å². The summed E-state index contributed by atoms with van der Waals surface area (Å²) in [5.41, 5.74) is -0.444. The van der Waals surface area contributed by atoms with Crippen LogP contribution in [0.2, 0.25) is 0 Å². The molecule has 15 heavy (non-hydrogen) atoms. The fourth-order valence-corrected chi connectivity index (χ4v) is 0.917. The van der Waals surface area contributed by atoms with Crippen molar-refractivity contribution in [2.45, 2.75) is 39.2 Å². The number of aliphatic hydroxyl groups is 1. The summed E-state index contributed by atoms with van der Waals surface area (Å²) in [6.07, 6.45) is 4.88. The Labute approximate surface area is 91.3 Å². The number of aliphatic hydroxyl groups excluding tert-OH is 1. The Morgan fingerprint density at radius 3 is 2.60 bits per heavy atom. The zero-order valence-corrected chi connectivity index (χ0v) is 9.75. The van der Waals surface area contributed by atoms with Crippen LogP contribution >= 0.6 is 0 Å². The van der Waals surface area contributed by atoms with Crippen LogP contribution in [-0.4, -0.2) is 30.0 Å². The maximum Gasteiger partial charge on any atom is 0.407 e. The van der Waals surface area contributed by atoms with Gasteiger partial charge in [0.25, 0.3) is 0 Å². The monoisotopic (exact) mass is 215 g/mol. The lowest BCUT2D eigenvalue weighted by Crippen LogP contribution is -2.32. The molecule has 0 unspecified atom stereocenters. The highest BCUT2D eigenvalue weighted by atomic mass is 16.6. The Morgan fingerprint density at radius 1 is 1.40 bits per heavy atom. The van der Waals surface area contributed by atoms with Gasteiger partial charge in [0.15, 0.2) is 0 Å². The summed E-state index contributed by atoms with van der Waals surface area (Å²) >= 11 is 0. The highest BCUT2D eigenvalue weighted by molar-refractivity contribution is 5.67. The van der Waals surface area contributed by atoms with Crippen molar-refractivity contribution in [3.05, 3.63) is 12.2 Å². The standard InChI is InChI=1S/C11H21NO3/c1-11(2,3)15-10(14)12-8-6-4-5-7-9-13/h5,7,13H,4,6,8-9H2,1-3H3,(H,12,14)/b7-5-. The molecule has 0 saturated heterocycles. The Balaban J connectivity index is 3.44. The predicted molar refractivity (Wildman–Crippen MR) is 59.7 cm³/mol. The van der Waals surface area contributed by atoms with E-state index in [1.807, 2.05) is 26.8 Å². The third-order valence-electron chi connectivity index (χ3n) is 1.49. The van der Waals surface area contributed by atoms with Crippen molar-refractivity contribution in [2.24, 2.45) is 0 Å². The van der Waals surface area contributed by atoms with Crippen LogP contribution in [-0.2, 0) is 4.74 Å². The van der Waals surface area contributed by atoms with Gasteiger partial charge in [0, 0.05) is 6.54 Å². The molecule has 4 heteroatoms. The van der Waals surface area contributed by atoms with Crippen LogP contribution in [0.4, 0.5) is 4.79 Å². The first kappa shape index (κ1) is 14.0. The lowest BCUT2D eigenvalue weighted by molar-refractivity contribution is 0.0527. The SMILES string of the molecule is CC(C)(C)OC(=O)NCCC/C=C\CO. The van der Waals surface area contributed by atoms with Gasteiger partial charge < -0.3 is 15.2 Å². The van der Waals surface area contributed by atoms with E-state index in [9.17, 15) is 4.79 Å². The number of carbonyl (C=O) groups is 1. The lowest BCUT2D eigenvalue weighted by Gasteiger charge is -2.19. The van der Waals surface area contributed by atoms with Crippen molar-refractivity contribution in [3.8, 4) is 0 Å². The molecule has 0 aromatic carbocycles. The number of unbranched alkanes of at least 4 members (excludes halogenated alkanes) is 1. The molecule has 4 nitrogen and oxygen atoms in total. The third kappa shape index (κ3) is 10.9. The van der Waals surface area contributed by atoms with Crippen LogP contribution in [0.1, 0.15) is 33.6 Å². The number of allylic oxidation sites excluding steroid dienone is 1. The molecular formula is C11H21NO3. The summed E-state index contributed by atoms with van der Waals surface area (Å²) in [6, 6.07) is 0. The normalized spacial score (nSPS) is 11.7. The number of carbonyl (C=O) groups excluding carboxylic acids is 1. The van der Waals surface area contributed by atoms with E-state index >= 15 is 0 Å². The molecule has 0 aliphatic heterocycles. The van der Waals surface area contributed by atoms with E-state index in [0.29, 0.717) is 6.54 Å². The molecule has 0 saturated carbocycles. The zero-order valence-electron chi connectivity index (χ0n) is 9.75. The van der Waals surface area contributed by atoms with Crippen LogP contribution in [0, 0.1) is 0 Å². The van der Waals surface area contributed by atoms with E-state index in [1.165, 1.54) is 0 Å². The minimum atomic E-state index is -0.444. The Hall–Kier alpha value is -1.03. The topological polar surface area (TPSA) is 58.6 Å². The highest BCUT2D eigenvalue weighted by Gasteiger charge is 2.15. The average molecular weight is 215 g/mol. The summed E-state index contributed by atoms with van der Waals surface area (Å²) in [5.74, 6) is 0. The molecule has 1 amide bonds. The smallest absolute Gasteiger partial charge is 0.407 e. The van der Waals surface area contributed by atoms with Gasteiger partial charge in [-0.1, -0.05) is 12.2 Å². The summed E-state index contributed by atoms with van der Waals surface area (Å²) in [6.45, 7) is 6.15. The number of hydrogen-bond donors (Lipinski definition) is 2. The molecular weight excluding hydrogens is 194 g/mol. The Morgan fingerprint density at radius 2 is 2.07 bits per heavy atom. The number of amides is 1. The van der Waals surface area contributed by atoms with Crippen LogP contribution in [0.15, 0.2) is 12.2 Å². The molecule has 0 spiro atoms. The second-order valence-corrected chi connectivity index (χ2v) is 4.22. The fraction of sp³-hybridized carbons (Fsp3) is 0.727. The van der Waals surface area contributed by atoms with Gasteiger partial charge in [-0.05, 0) is 33.6 Å². The molecule has 0 aliphatic rings. The number of ether oxygens (including phenoxy) is 1. The third-order valence-corrected chi connectivity index (χ3v) is 1.49. The van der Waals surface area contributed by atoms with Gasteiger partial charge >= 0.3 is 6.09 Å². The Bertz CT molecular complexity index is 206. The predicted octanol–water partition coefficient (Wildman–Crippen LogP) is 1.84. The molecule has 0 aromatic heterocycles. The molecule has 0 bridgehead atoms. The quantitative estimate of drug-likeness (QED) is 0.543. The second kappa shape index (κ2) is 7.29. The summed E-state index contributed by atoms with van der Waals surface area (Å²) in [5, 5.41) is 11.1. The van der Waals surface area contributed by atoms with E-state index in [-0.39, 0.29) is 12.7 Å². The Kier molecular flexibility index (Phi) is 6.79. The molecule has 0 aliphatic carbocycles. The highest BCUT2D eigenvalue weighted by Crippen LogP contribution is 2.06. The van der Waals surface area contributed by atoms with Gasteiger partial charge in [0.1, 0.15) is 5.60 Å². The molecule has 0 radical (unpaired) electrons. The molecule has 0 heterocycles. The first-order valence-corrected chi connectivity index (χ1v) is 5.18. The first-order chi connectivity index (χ1) is 6.95. The van der Waals surface area contributed by atoms with E-state index in [4.69, 9.17) is 9.84 Å².